The van der Waals surface area contributed by atoms with Gasteiger partial charge in [0.2, 0.25) is 11.2 Å². The molecule has 0 aliphatic carbocycles. The van der Waals surface area contributed by atoms with Crippen molar-refractivity contribution in [1.82, 2.24) is 5.32 Å². The molecule has 4 rings (SSSR count). The number of amides is 1. The molecule has 0 radical (unpaired) electrons. The Hall–Kier alpha value is -3.77. The van der Waals surface area contributed by atoms with Crippen molar-refractivity contribution in [1.29, 1.82) is 0 Å². The number of hydrogen-bond donors (Lipinski definition) is 1. The number of carbonyl (C=O) groups is 1. The topological polar surface area (TPSA) is 77.8 Å². The highest BCUT2D eigenvalue weighted by Crippen LogP contribution is 2.29. The van der Waals surface area contributed by atoms with Crippen LogP contribution in [-0.2, 0) is 11.3 Å². The highest BCUT2D eigenvalue weighted by molar-refractivity contribution is 6.32. The SMILES string of the molecule is Cc1cc(Oc2coc3cc(OCC(=O)NCc4ccccc4)ccc3c2=O)cc(C)c1Cl. The lowest BCUT2D eigenvalue weighted by molar-refractivity contribution is -0.123. The highest BCUT2D eigenvalue weighted by atomic mass is 35.5. The summed E-state index contributed by atoms with van der Waals surface area (Å²) in [5.74, 6) is 0.732. The van der Waals surface area contributed by atoms with E-state index in [9.17, 15) is 9.59 Å². The van der Waals surface area contributed by atoms with Gasteiger partial charge in [-0.3, -0.25) is 9.59 Å². The molecule has 0 bridgehead atoms. The zero-order chi connectivity index (χ0) is 23.4. The molecule has 0 atom stereocenters. The number of benzene rings is 3. The van der Waals surface area contributed by atoms with Gasteiger partial charge in [-0.2, -0.15) is 0 Å². The Labute approximate surface area is 195 Å². The quantitative estimate of drug-likeness (QED) is 0.388. The van der Waals surface area contributed by atoms with Gasteiger partial charge >= 0.3 is 0 Å². The van der Waals surface area contributed by atoms with Crippen LogP contribution >= 0.6 is 11.6 Å². The van der Waals surface area contributed by atoms with Gasteiger partial charge in [0.1, 0.15) is 23.3 Å². The van der Waals surface area contributed by atoms with E-state index in [1.54, 1.807) is 30.3 Å². The van der Waals surface area contributed by atoms with Crippen molar-refractivity contribution in [2.24, 2.45) is 0 Å². The molecule has 0 fully saturated rings. The van der Waals surface area contributed by atoms with Crippen LogP contribution in [0.5, 0.6) is 17.2 Å². The first-order valence-corrected chi connectivity index (χ1v) is 10.7. The number of nitrogens with one attached hydrogen (secondary N) is 1. The summed E-state index contributed by atoms with van der Waals surface area (Å²) in [5, 5.41) is 3.80. The third-order valence-corrected chi connectivity index (χ3v) is 5.65. The minimum Gasteiger partial charge on any atom is -0.484 e. The standard InChI is InChI=1S/C26H22ClNO5/c1-16-10-20(11-17(2)25(16)27)33-23-14-32-22-12-19(8-9-21(22)26(23)30)31-15-24(29)28-13-18-6-4-3-5-7-18/h3-12,14H,13,15H2,1-2H3,(H,28,29). The van der Waals surface area contributed by atoms with Crippen molar-refractivity contribution in [2.45, 2.75) is 20.4 Å². The van der Waals surface area contributed by atoms with Gasteiger partial charge in [-0.25, -0.2) is 0 Å². The van der Waals surface area contributed by atoms with E-state index in [0.29, 0.717) is 34.0 Å². The Balaban J connectivity index is 1.43. The first kappa shape index (κ1) is 22.4. The van der Waals surface area contributed by atoms with Gasteiger partial charge in [0, 0.05) is 17.6 Å². The van der Waals surface area contributed by atoms with Crippen molar-refractivity contribution in [2.75, 3.05) is 6.61 Å². The Kier molecular flexibility index (Phi) is 6.66. The summed E-state index contributed by atoms with van der Waals surface area (Å²) in [4.78, 5) is 24.9. The van der Waals surface area contributed by atoms with Crippen LogP contribution in [0.1, 0.15) is 16.7 Å². The van der Waals surface area contributed by atoms with Gasteiger partial charge in [0.15, 0.2) is 6.61 Å². The molecule has 1 heterocycles. The maximum absolute atomic E-state index is 12.9. The summed E-state index contributed by atoms with van der Waals surface area (Å²) in [7, 11) is 0. The molecule has 0 saturated heterocycles. The normalized spacial score (nSPS) is 10.8. The van der Waals surface area contributed by atoms with E-state index in [-0.39, 0.29) is 23.7 Å². The van der Waals surface area contributed by atoms with Gasteiger partial charge in [-0.1, -0.05) is 41.9 Å². The van der Waals surface area contributed by atoms with Gasteiger partial charge in [0.25, 0.3) is 5.91 Å². The molecule has 168 valence electrons. The van der Waals surface area contributed by atoms with Crippen LogP contribution in [0.3, 0.4) is 0 Å². The van der Waals surface area contributed by atoms with Crippen molar-refractivity contribution in [3.05, 3.63) is 98.9 Å². The summed E-state index contributed by atoms with van der Waals surface area (Å²) in [6, 6.07) is 17.9. The molecule has 33 heavy (non-hydrogen) atoms. The maximum atomic E-state index is 12.9. The average Bonchev–Trinajstić information content (AvgIpc) is 2.82. The predicted molar refractivity (Wildman–Crippen MR) is 127 cm³/mol. The second-order valence-electron chi connectivity index (χ2n) is 7.61. The lowest BCUT2D eigenvalue weighted by Crippen LogP contribution is -2.28. The van der Waals surface area contributed by atoms with Crippen LogP contribution in [0.4, 0.5) is 0 Å². The van der Waals surface area contributed by atoms with Gasteiger partial charge in [-0.15, -0.1) is 0 Å². The van der Waals surface area contributed by atoms with E-state index in [2.05, 4.69) is 5.32 Å². The third-order valence-electron chi connectivity index (χ3n) is 5.05. The van der Waals surface area contributed by atoms with Gasteiger partial charge in [-0.05, 0) is 54.8 Å². The number of halogens is 1. The van der Waals surface area contributed by atoms with E-state index in [4.69, 9.17) is 25.5 Å². The number of aryl methyl sites for hydroxylation is 2. The Morgan fingerprint density at radius 2 is 1.73 bits per heavy atom. The van der Waals surface area contributed by atoms with Crippen LogP contribution in [0.2, 0.25) is 5.02 Å². The third kappa shape index (κ3) is 5.35. The molecule has 0 aliphatic heterocycles. The second-order valence-corrected chi connectivity index (χ2v) is 7.99. The van der Waals surface area contributed by atoms with E-state index in [0.717, 1.165) is 16.7 Å². The van der Waals surface area contributed by atoms with Crippen molar-refractivity contribution in [3.8, 4) is 17.2 Å². The summed E-state index contributed by atoms with van der Waals surface area (Å²) in [5.41, 5.74) is 2.73. The molecule has 6 nitrogen and oxygen atoms in total. The van der Waals surface area contributed by atoms with Crippen LogP contribution in [0, 0.1) is 13.8 Å². The fraction of sp³-hybridized carbons (Fsp3) is 0.154. The minimum absolute atomic E-state index is 0.0672. The Bertz CT molecular complexity index is 1340. The number of rotatable bonds is 7. The fourth-order valence-electron chi connectivity index (χ4n) is 3.34. The molecular formula is C26H22ClNO5. The molecule has 0 saturated carbocycles. The molecule has 1 amide bonds. The molecule has 4 aromatic rings. The van der Waals surface area contributed by atoms with Crippen molar-refractivity contribution in [3.63, 3.8) is 0 Å². The van der Waals surface area contributed by atoms with E-state index in [1.165, 1.54) is 6.26 Å². The van der Waals surface area contributed by atoms with Gasteiger partial charge < -0.3 is 19.2 Å². The molecule has 0 unspecified atom stereocenters. The van der Waals surface area contributed by atoms with E-state index < -0.39 is 0 Å². The van der Waals surface area contributed by atoms with Gasteiger partial charge in [0.05, 0.1) is 5.39 Å². The summed E-state index contributed by atoms with van der Waals surface area (Å²) >= 11 is 6.19. The van der Waals surface area contributed by atoms with Crippen molar-refractivity contribution < 1.29 is 18.7 Å². The van der Waals surface area contributed by atoms with E-state index in [1.807, 2.05) is 44.2 Å². The lowest BCUT2D eigenvalue weighted by atomic mass is 10.1. The summed E-state index contributed by atoms with van der Waals surface area (Å²) in [6.07, 6.45) is 1.26. The zero-order valence-corrected chi connectivity index (χ0v) is 18.9. The highest BCUT2D eigenvalue weighted by Gasteiger charge is 2.12. The number of fused-ring (bicyclic) bond motifs is 1. The largest absolute Gasteiger partial charge is 0.484 e. The van der Waals surface area contributed by atoms with Crippen LogP contribution in [-0.4, -0.2) is 12.5 Å². The second kappa shape index (κ2) is 9.79. The first-order chi connectivity index (χ1) is 15.9. The summed E-state index contributed by atoms with van der Waals surface area (Å²) in [6.45, 7) is 4.01. The van der Waals surface area contributed by atoms with E-state index >= 15 is 0 Å². The predicted octanol–water partition coefficient (Wildman–Crippen LogP) is 5.55. The number of ether oxygens (including phenoxy) is 2. The van der Waals surface area contributed by atoms with Crippen LogP contribution in [0.15, 0.2) is 76.1 Å². The Morgan fingerprint density at radius 3 is 2.45 bits per heavy atom. The molecule has 1 N–H and O–H groups in total. The molecule has 3 aromatic carbocycles. The smallest absolute Gasteiger partial charge is 0.258 e. The van der Waals surface area contributed by atoms with Crippen molar-refractivity contribution >= 4 is 28.5 Å². The maximum Gasteiger partial charge on any atom is 0.258 e. The number of carbonyl (C=O) groups excluding carboxylic acids is 1. The fourth-order valence-corrected chi connectivity index (χ4v) is 3.45. The van der Waals surface area contributed by atoms with Crippen LogP contribution in [0.25, 0.3) is 11.0 Å². The van der Waals surface area contributed by atoms with Crippen LogP contribution < -0.4 is 20.2 Å². The Morgan fingerprint density at radius 1 is 1.00 bits per heavy atom. The molecular weight excluding hydrogens is 442 g/mol. The summed E-state index contributed by atoms with van der Waals surface area (Å²) < 4.78 is 16.9. The monoisotopic (exact) mass is 463 g/mol. The molecule has 7 heteroatoms. The molecule has 0 aliphatic rings. The zero-order valence-electron chi connectivity index (χ0n) is 18.2. The average molecular weight is 464 g/mol. The minimum atomic E-state index is -0.311. The lowest BCUT2D eigenvalue weighted by Gasteiger charge is -2.10. The number of hydrogen-bond acceptors (Lipinski definition) is 5. The molecule has 0 spiro atoms. The first-order valence-electron chi connectivity index (χ1n) is 10.3. The molecule has 1 aromatic heterocycles.